The van der Waals surface area contributed by atoms with Crippen LogP contribution in [0.3, 0.4) is 0 Å². The molecule has 1 aliphatic heterocycles. The number of aromatic nitrogens is 1. The maximum atomic E-state index is 12.2. The van der Waals surface area contributed by atoms with Crippen molar-refractivity contribution >= 4 is 22.7 Å². The molecule has 2 aromatic rings. The number of aliphatic hydroxyl groups is 1. The summed E-state index contributed by atoms with van der Waals surface area (Å²) in [4.78, 5) is 20.5. The minimum atomic E-state index is -1.04. The number of pyridine rings is 1. The summed E-state index contributed by atoms with van der Waals surface area (Å²) < 4.78 is 16.0. The summed E-state index contributed by atoms with van der Waals surface area (Å²) in [6, 6.07) is 5.80. The van der Waals surface area contributed by atoms with Crippen molar-refractivity contribution < 1.29 is 24.1 Å². The van der Waals surface area contributed by atoms with Crippen molar-refractivity contribution in [2.24, 2.45) is 0 Å². The molecule has 3 rings (SSSR count). The van der Waals surface area contributed by atoms with Gasteiger partial charge in [-0.3, -0.25) is 0 Å². The van der Waals surface area contributed by atoms with Crippen molar-refractivity contribution in [2.45, 2.75) is 19.4 Å². The van der Waals surface area contributed by atoms with Gasteiger partial charge in [-0.25, -0.2) is 9.78 Å². The lowest BCUT2D eigenvalue weighted by Crippen LogP contribution is -2.49. The van der Waals surface area contributed by atoms with Gasteiger partial charge in [0.15, 0.2) is 11.5 Å². The third kappa shape index (κ3) is 4.39. The van der Waals surface area contributed by atoms with Crippen molar-refractivity contribution in [1.29, 1.82) is 0 Å². The normalized spacial score (nSPS) is 14.9. The minimum Gasteiger partial charge on any atom is -0.493 e. The molecule has 1 N–H and O–H groups in total. The molecule has 1 saturated heterocycles. The molecule has 8 heteroatoms. The molecular formula is C20H27N3O5. The molecule has 1 aromatic heterocycles. The maximum absolute atomic E-state index is 12.2. The number of hydrogen-bond acceptors (Lipinski definition) is 7. The van der Waals surface area contributed by atoms with E-state index in [9.17, 15) is 9.90 Å². The SMILES string of the molecule is COc1cc2ccnc(N3CCN(C(=O)OCC(C)(C)O)CC3)c2cc1OC. The fourth-order valence-corrected chi connectivity index (χ4v) is 3.17. The Balaban J connectivity index is 1.74. The molecule has 1 aliphatic rings. The van der Waals surface area contributed by atoms with Crippen LogP contribution in [0.25, 0.3) is 10.8 Å². The summed E-state index contributed by atoms with van der Waals surface area (Å²) in [5, 5.41) is 11.7. The van der Waals surface area contributed by atoms with Gasteiger partial charge in [-0.2, -0.15) is 0 Å². The number of carbonyl (C=O) groups is 1. The Morgan fingerprint density at radius 3 is 2.39 bits per heavy atom. The summed E-state index contributed by atoms with van der Waals surface area (Å²) in [5.74, 6) is 2.17. The van der Waals surface area contributed by atoms with Crippen LogP contribution in [0.2, 0.25) is 0 Å². The lowest BCUT2D eigenvalue weighted by Gasteiger charge is -2.35. The van der Waals surface area contributed by atoms with Crippen molar-refractivity contribution in [2.75, 3.05) is 51.9 Å². The van der Waals surface area contributed by atoms with Crippen LogP contribution in [-0.4, -0.2) is 73.7 Å². The van der Waals surface area contributed by atoms with Gasteiger partial charge < -0.3 is 29.1 Å². The predicted molar refractivity (Wildman–Crippen MR) is 106 cm³/mol. The molecule has 0 radical (unpaired) electrons. The number of benzene rings is 1. The van der Waals surface area contributed by atoms with Crippen molar-refractivity contribution in [3.05, 3.63) is 24.4 Å². The van der Waals surface area contributed by atoms with E-state index in [1.54, 1.807) is 39.2 Å². The molecule has 0 bridgehead atoms. The van der Waals surface area contributed by atoms with E-state index in [0.717, 1.165) is 16.6 Å². The highest BCUT2D eigenvalue weighted by Gasteiger charge is 2.26. The molecule has 152 valence electrons. The number of carbonyl (C=O) groups excluding carboxylic acids is 1. The van der Waals surface area contributed by atoms with E-state index in [2.05, 4.69) is 9.88 Å². The number of hydrogen-bond donors (Lipinski definition) is 1. The van der Waals surface area contributed by atoms with E-state index in [-0.39, 0.29) is 6.61 Å². The van der Waals surface area contributed by atoms with Crippen LogP contribution < -0.4 is 14.4 Å². The highest BCUT2D eigenvalue weighted by Crippen LogP contribution is 2.35. The molecule has 0 atom stereocenters. The highest BCUT2D eigenvalue weighted by molar-refractivity contribution is 5.94. The summed E-state index contributed by atoms with van der Waals surface area (Å²) >= 11 is 0. The first-order valence-corrected chi connectivity index (χ1v) is 9.22. The quantitative estimate of drug-likeness (QED) is 0.840. The zero-order chi connectivity index (χ0) is 20.3. The van der Waals surface area contributed by atoms with E-state index >= 15 is 0 Å². The lowest BCUT2D eigenvalue weighted by molar-refractivity contribution is -0.00414. The van der Waals surface area contributed by atoms with Gasteiger partial charge >= 0.3 is 6.09 Å². The van der Waals surface area contributed by atoms with Crippen LogP contribution in [0, 0.1) is 0 Å². The van der Waals surface area contributed by atoms with Crippen LogP contribution in [0.4, 0.5) is 10.6 Å². The molecule has 1 fully saturated rings. The molecule has 0 aliphatic carbocycles. The number of piperazine rings is 1. The molecule has 1 aromatic carbocycles. The average Bonchev–Trinajstić information content (AvgIpc) is 2.70. The van der Waals surface area contributed by atoms with Crippen LogP contribution in [0.15, 0.2) is 24.4 Å². The van der Waals surface area contributed by atoms with E-state index in [4.69, 9.17) is 14.2 Å². The van der Waals surface area contributed by atoms with E-state index < -0.39 is 11.7 Å². The monoisotopic (exact) mass is 389 g/mol. The Labute approximate surface area is 164 Å². The number of fused-ring (bicyclic) bond motifs is 1. The lowest BCUT2D eigenvalue weighted by atomic mass is 10.1. The number of ether oxygens (including phenoxy) is 3. The van der Waals surface area contributed by atoms with Gasteiger partial charge in [0.05, 0.1) is 19.8 Å². The van der Waals surface area contributed by atoms with Gasteiger partial charge in [0.1, 0.15) is 12.4 Å². The first kappa shape index (κ1) is 20.0. The summed E-state index contributed by atoms with van der Waals surface area (Å²) in [5.41, 5.74) is -1.04. The number of amides is 1. The number of anilines is 1. The zero-order valence-electron chi connectivity index (χ0n) is 16.8. The molecule has 0 unspecified atom stereocenters. The Bertz CT molecular complexity index is 842. The third-order valence-electron chi connectivity index (χ3n) is 4.63. The third-order valence-corrected chi connectivity index (χ3v) is 4.63. The standard InChI is InChI=1S/C20H27N3O5/c1-20(2,25)13-28-19(24)23-9-7-22(8-10-23)18-15-12-17(27-4)16(26-3)11-14(15)5-6-21-18/h5-6,11-12,25H,7-10,13H2,1-4H3. The van der Waals surface area contributed by atoms with Crippen molar-refractivity contribution in [1.82, 2.24) is 9.88 Å². The second-order valence-corrected chi connectivity index (χ2v) is 7.40. The second-order valence-electron chi connectivity index (χ2n) is 7.40. The molecule has 1 amide bonds. The maximum Gasteiger partial charge on any atom is 0.409 e. The Hall–Kier alpha value is -2.74. The smallest absolute Gasteiger partial charge is 0.409 e. The van der Waals surface area contributed by atoms with Crippen LogP contribution in [0.1, 0.15) is 13.8 Å². The highest BCUT2D eigenvalue weighted by atomic mass is 16.6. The van der Waals surface area contributed by atoms with E-state index in [1.165, 1.54) is 0 Å². The molecule has 8 nitrogen and oxygen atoms in total. The van der Waals surface area contributed by atoms with Gasteiger partial charge in [-0.15, -0.1) is 0 Å². The summed E-state index contributed by atoms with van der Waals surface area (Å²) in [6.45, 7) is 5.50. The summed E-state index contributed by atoms with van der Waals surface area (Å²) in [7, 11) is 3.22. The van der Waals surface area contributed by atoms with Crippen molar-refractivity contribution in [3.63, 3.8) is 0 Å². The number of rotatable bonds is 5. The predicted octanol–water partition coefficient (Wildman–Crippen LogP) is 2.28. The van der Waals surface area contributed by atoms with Crippen LogP contribution in [0.5, 0.6) is 11.5 Å². The molecular weight excluding hydrogens is 362 g/mol. The summed E-state index contributed by atoms with van der Waals surface area (Å²) in [6.07, 6.45) is 1.37. The molecule has 0 saturated carbocycles. The number of nitrogens with zero attached hydrogens (tertiary/aromatic N) is 3. The Morgan fingerprint density at radius 2 is 1.79 bits per heavy atom. The Kier molecular flexibility index (Phi) is 5.79. The zero-order valence-corrected chi connectivity index (χ0v) is 16.8. The van der Waals surface area contributed by atoms with Crippen LogP contribution in [-0.2, 0) is 4.74 Å². The van der Waals surface area contributed by atoms with Crippen LogP contribution >= 0.6 is 0 Å². The average molecular weight is 389 g/mol. The fraction of sp³-hybridized carbons (Fsp3) is 0.500. The van der Waals surface area contributed by atoms with Gasteiger partial charge in [-0.1, -0.05) is 0 Å². The topological polar surface area (TPSA) is 84.4 Å². The van der Waals surface area contributed by atoms with E-state index in [0.29, 0.717) is 37.7 Å². The fourth-order valence-electron chi connectivity index (χ4n) is 3.17. The first-order chi connectivity index (χ1) is 13.3. The second kappa shape index (κ2) is 8.10. The van der Waals surface area contributed by atoms with Gasteiger partial charge in [0, 0.05) is 37.8 Å². The van der Waals surface area contributed by atoms with Crippen molar-refractivity contribution in [3.8, 4) is 11.5 Å². The minimum absolute atomic E-state index is 0.0292. The largest absolute Gasteiger partial charge is 0.493 e. The molecule has 2 heterocycles. The van der Waals surface area contributed by atoms with Gasteiger partial charge in [0.2, 0.25) is 0 Å². The molecule has 28 heavy (non-hydrogen) atoms. The van der Waals surface area contributed by atoms with E-state index in [1.807, 2.05) is 18.2 Å². The molecule has 0 spiro atoms. The Morgan fingerprint density at radius 1 is 1.14 bits per heavy atom. The van der Waals surface area contributed by atoms with Gasteiger partial charge in [0.25, 0.3) is 0 Å². The van der Waals surface area contributed by atoms with Gasteiger partial charge in [-0.05, 0) is 37.4 Å². The first-order valence-electron chi connectivity index (χ1n) is 9.22. The number of methoxy groups -OCH3 is 2.